The van der Waals surface area contributed by atoms with Crippen molar-refractivity contribution in [2.75, 3.05) is 19.6 Å². The van der Waals surface area contributed by atoms with E-state index in [0.29, 0.717) is 11.5 Å². The highest BCUT2D eigenvalue weighted by atomic mass is 15.3. The van der Waals surface area contributed by atoms with Crippen molar-refractivity contribution in [1.82, 2.24) is 10.2 Å². The Bertz CT molecular complexity index is 464. The Morgan fingerprint density at radius 3 is 2.43 bits per heavy atom. The van der Waals surface area contributed by atoms with Gasteiger partial charge >= 0.3 is 0 Å². The maximum atomic E-state index is 3.81. The van der Waals surface area contributed by atoms with E-state index in [2.05, 4.69) is 61.3 Å². The molecule has 1 aromatic rings. The van der Waals surface area contributed by atoms with Crippen LogP contribution in [0.15, 0.2) is 30.3 Å². The van der Waals surface area contributed by atoms with Crippen LogP contribution >= 0.6 is 0 Å². The van der Waals surface area contributed by atoms with E-state index < -0.39 is 0 Å². The number of hydrogen-bond acceptors (Lipinski definition) is 2. The quantitative estimate of drug-likeness (QED) is 0.880. The van der Waals surface area contributed by atoms with Crippen molar-refractivity contribution in [2.45, 2.75) is 58.0 Å². The molecule has 1 saturated heterocycles. The second-order valence-electron chi connectivity index (χ2n) is 7.48. The summed E-state index contributed by atoms with van der Waals surface area (Å²) in [6.45, 7) is 10.6. The highest BCUT2D eigenvalue weighted by Gasteiger charge is 2.45. The summed E-state index contributed by atoms with van der Waals surface area (Å²) in [6, 6.07) is 11.6. The Labute approximate surface area is 129 Å². The van der Waals surface area contributed by atoms with Crippen LogP contribution in [-0.4, -0.2) is 30.1 Å². The molecule has 1 aromatic carbocycles. The van der Waals surface area contributed by atoms with E-state index in [0.717, 1.165) is 6.54 Å². The van der Waals surface area contributed by atoms with E-state index in [1.165, 1.54) is 44.3 Å². The molecule has 2 unspecified atom stereocenters. The predicted octanol–water partition coefficient (Wildman–Crippen LogP) is 3.99. The average molecular weight is 286 g/mol. The molecule has 0 spiro atoms. The van der Waals surface area contributed by atoms with Crippen molar-refractivity contribution in [1.29, 1.82) is 0 Å². The number of rotatable bonds is 5. The predicted molar refractivity (Wildman–Crippen MR) is 89.4 cm³/mol. The first-order chi connectivity index (χ1) is 10.1. The number of hydrogen-bond donors (Lipinski definition) is 1. The third kappa shape index (κ3) is 3.17. The summed E-state index contributed by atoms with van der Waals surface area (Å²) in [5.74, 6) is 0. The summed E-state index contributed by atoms with van der Waals surface area (Å²) >= 11 is 0. The number of nitrogens with one attached hydrogen (secondary N) is 1. The molecular weight excluding hydrogens is 256 g/mol. The molecule has 2 atom stereocenters. The van der Waals surface area contributed by atoms with Crippen molar-refractivity contribution < 1.29 is 0 Å². The maximum absolute atomic E-state index is 3.81. The van der Waals surface area contributed by atoms with E-state index in [-0.39, 0.29) is 5.54 Å². The highest BCUT2D eigenvalue weighted by Crippen LogP contribution is 2.50. The molecule has 21 heavy (non-hydrogen) atoms. The van der Waals surface area contributed by atoms with E-state index in [4.69, 9.17) is 0 Å². The van der Waals surface area contributed by atoms with E-state index >= 15 is 0 Å². The van der Waals surface area contributed by atoms with Gasteiger partial charge in [0.1, 0.15) is 0 Å². The molecule has 0 aromatic heterocycles. The minimum absolute atomic E-state index is 0.273. The molecule has 2 fully saturated rings. The SMILES string of the molecule is CCC1(CN2CC(C)(CC)NCC2c2ccccc2)CC1. The minimum Gasteiger partial charge on any atom is -0.308 e. The smallest absolute Gasteiger partial charge is 0.0473 e. The van der Waals surface area contributed by atoms with Crippen molar-refractivity contribution in [3.05, 3.63) is 35.9 Å². The molecular formula is C19H30N2. The minimum atomic E-state index is 0.273. The molecule has 2 nitrogen and oxygen atoms in total. The summed E-state index contributed by atoms with van der Waals surface area (Å²) in [6.07, 6.45) is 5.39. The van der Waals surface area contributed by atoms with Crippen molar-refractivity contribution in [3.8, 4) is 0 Å². The molecule has 0 amide bonds. The fraction of sp³-hybridized carbons (Fsp3) is 0.684. The lowest BCUT2D eigenvalue weighted by molar-refractivity contribution is 0.0637. The topological polar surface area (TPSA) is 15.3 Å². The molecule has 116 valence electrons. The fourth-order valence-electron chi connectivity index (χ4n) is 3.72. The van der Waals surface area contributed by atoms with Gasteiger partial charge in [0.05, 0.1) is 0 Å². The summed E-state index contributed by atoms with van der Waals surface area (Å²) < 4.78 is 0. The van der Waals surface area contributed by atoms with Gasteiger partial charge in [-0.2, -0.15) is 0 Å². The van der Waals surface area contributed by atoms with Crippen LogP contribution in [-0.2, 0) is 0 Å². The Kier molecular flexibility index (Phi) is 4.11. The Balaban J connectivity index is 1.81. The highest BCUT2D eigenvalue weighted by molar-refractivity contribution is 5.21. The molecule has 1 heterocycles. The van der Waals surface area contributed by atoms with Gasteiger partial charge in [0.25, 0.3) is 0 Å². The number of piperazine rings is 1. The zero-order chi connectivity index (χ0) is 14.9. The summed E-state index contributed by atoms with van der Waals surface area (Å²) in [7, 11) is 0. The molecule has 2 aliphatic rings. The summed E-state index contributed by atoms with van der Waals surface area (Å²) in [5, 5.41) is 3.81. The molecule has 0 bridgehead atoms. The molecule has 0 radical (unpaired) electrons. The summed E-state index contributed by atoms with van der Waals surface area (Å²) in [5.41, 5.74) is 2.36. The van der Waals surface area contributed by atoms with E-state index in [1.54, 1.807) is 0 Å². The maximum Gasteiger partial charge on any atom is 0.0473 e. The second kappa shape index (κ2) is 5.73. The summed E-state index contributed by atoms with van der Waals surface area (Å²) in [4.78, 5) is 2.77. The van der Waals surface area contributed by atoms with Gasteiger partial charge in [-0.3, -0.25) is 4.90 Å². The van der Waals surface area contributed by atoms with Gasteiger partial charge in [0, 0.05) is 31.2 Å². The molecule has 1 saturated carbocycles. The standard InChI is InChI=1S/C19H30N2/c1-4-18(3)14-21(15-19(5-2)11-12-19)17(13-20-18)16-9-7-6-8-10-16/h6-10,17,20H,4-5,11-15H2,1-3H3. The molecule has 2 heteroatoms. The van der Waals surface area contributed by atoms with Crippen LogP contribution in [0.5, 0.6) is 0 Å². The third-order valence-corrected chi connectivity index (χ3v) is 5.93. The molecule has 1 aliphatic carbocycles. The van der Waals surface area contributed by atoms with Crippen LogP contribution in [0.25, 0.3) is 0 Å². The van der Waals surface area contributed by atoms with Crippen LogP contribution in [0.2, 0.25) is 0 Å². The van der Waals surface area contributed by atoms with Gasteiger partial charge in [0.2, 0.25) is 0 Å². The van der Waals surface area contributed by atoms with Crippen LogP contribution in [0.1, 0.15) is 58.1 Å². The molecule has 1 N–H and O–H groups in total. The third-order valence-electron chi connectivity index (χ3n) is 5.93. The van der Waals surface area contributed by atoms with Gasteiger partial charge in [0.15, 0.2) is 0 Å². The lowest BCUT2D eigenvalue weighted by atomic mass is 9.89. The van der Waals surface area contributed by atoms with Crippen LogP contribution in [0.4, 0.5) is 0 Å². The van der Waals surface area contributed by atoms with Crippen molar-refractivity contribution in [3.63, 3.8) is 0 Å². The fourth-order valence-corrected chi connectivity index (χ4v) is 3.72. The zero-order valence-electron chi connectivity index (χ0n) is 13.9. The van der Waals surface area contributed by atoms with Crippen LogP contribution in [0.3, 0.4) is 0 Å². The van der Waals surface area contributed by atoms with Crippen LogP contribution < -0.4 is 5.32 Å². The first-order valence-corrected chi connectivity index (χ1v) is 8.64. The number of benzene rings is 1. The Hall–Kier alpha value is -0.860. The van der Waals surface area contributed by atoms with Gasteiger partial charge in [-0.1, -0.05) is 44.2 Å². The van der Waals surface area contributed by atoms with Crippen molar-refractivity contribution >= 4 is 0 Å². The van der Waals surface area contributed by atoms with Gasteiger partial charge < -0.3 is 5.32 Å². The van der Waals surface area contributed by atoms with Gasteiger partial charge in [-0.25, -0.2) is 0 Å². The lowest BCUT2D eigenvalue weighted by Crippen LogP contribution is -2.60. The first-order valence-electron chi connectivity index (χ1n) is 8.64. The normalized spacial score (nSPS) is 32.0. The Morgan fingerprint density at radius 1 is 1.14 bits per heavy atom. The molecule has 3 rings (SSSR count). The van der Waals surface area contributed by atoms with Crippen LogP contribution in [0, 0.1) is 5.41 Å². The average Bonchev–Trinajstić information content (AvgIpc) is 3.29. The first kappa shape index (κ1) is 15.1. The monoisotopic (exact) mass is 286 g/mol. The van der Waals surface area contributed by atoms with Gasteiger partial charge in [-0.15, -0.1) is 0 Å². The zero-order valence-corrected chi connectivity index (χ0v) is 13.9. The number of nitrogens with zero attached hydrogens (tertiary/aromatic N) is 1. The molecule has 1 aliphatic heterocycles. The van der Waals surface area contributed by atoms with E-state index in [9.17, 15) is 0 Å². The van der Waals surface area contributed by atoms with Crippen molar-refractivity contribution in [2.24, 2.45) is 5.41 Å². The largest absolute Gasteiger partial charge is 0.308 e. The second-order valence-corrected chi connectivity index (χ2v) is 7.48. The van der Waals surface area contributed by atoms with E-state index in [1.807, 2.05) is 0 Å². The lowest BCUT2D eigenvalue weighted by Gasteiger charge is -2.47. The Morgan fingerprint density at radius 2 is 1.86 bits per heavy atom. The van der Waals surface area contributed by atoms with Gasteiger partial charge in [-0.05, 0) is 43.6 Å².